The Kier molecular flexibility index (Phi) is 4.09. The van der Waals surface area contributed by atoms with Gasteiger partial charge in [-0.05, 0) is 55.8 Å². The van der Waals surface area contributed by atoms with Gasteiger partial charge in [-0.1, -0.05) is 36.4 Å². The summed E-state index contributed by atoms with van der Waals surface area (Å²) in [5.74, 6) is 0.665. The van der Waals surface area contributed by atoms with Crippen molar-refractivity contribution in [3.8, 4) is 11.5 Å². The Balaban J connectivity index is 1.78. The number of nitro benzene ring substituents is 1. The van der Waals surface area contributed by atoms with Crippen molar-refractivity contribution in [2.45, 2.75) is 25.0 Å². The van der Waals surface area contributed by atoms with Crippen molar-refractivity contribution in [2.75, 3.05) is 12.0 Å². The summed E-state index contributed by atoms with van der Waals surface area (Å²) in [6.45, 7) is 4.22. The van der Waals surface area contributed by atoms with E-state index in [9.17, 15) is 10.1 Å². The first-order valence-electron chi connectivity index (χ1n) is 10.1. The van der Waals surface area contributed by atoms with Crippen LogP contribution in [0.25, 0.3) is 6.08 Å². The molecule has 0 fully saturated rings. The predicted octanol–water partition coefficient (Wildman–Crippen LogP) is 5.83. The molecule has 2 aliphatic heterocycles. The van der Waals surface area contributed by atoms with Gasteiger partial charge in [-0.2, -0.15) is 0 Å². The van der Waals surface area contributed by atoms with Gasteiger partial charge in [0.15, 0.2) is 0 Å². The van der Waals surface area contributed by atoms with Gasteiger partial charge in [0.25, 0.3) is 0 Å². The number of nitrogens with zero attached hydrogens (tertiary/aromatic N) is 2. The average Bonchev–Trinajstić information content (AvgIpc) is 2.97. The molecule has 2 aliphatic rings. The third-order valence-electron chi connectivity index (χ3n) is 6.31. The van der Waals surface area contributed by atoms with E-state index in [4.69, 9.17) is 9.47 Å². The van der Waals surface area contributed by atoms with Crippen LogP contribution in [0.1, 0.15) is 25.0 Å². The second-order valence-corrected chi connectivity index (χ2v) is 8.27. The van der Waals surface area contributed by atoms with Gasteiger partial charge in [0.1, 0.15) is 5.75 Å². The van der Waals surface area contributed by atoms with Crippen molar-refractivity contribution in [3.05, 3.63) is 94.0 Å². The Morgan fingerprint density at radius 3 is 2.45 bits per heavy atom. The van der Waals surface area contributed by atoms with Crippen molar-refractivity contribution >= 4 is 23.1 Å². The normalized spacial score (nSPS) is 20.2. The van der Waals surface area contributed by atoms with Gasteiger partial charge in [0, 0.05) is 16.9 Å². The summed E-state index contributed by atoms with van der Waals surface area (Å²) in [4.78, 5) is 13.6. The van der Waals surface area contributed by atoms with Gasteiger partial charge >= 0.3 is 5.69 Å². The molecule has 0 aromatic heterocycles. The standard InChI is InChI=1S/C25H22N2O4/c1-24(2)20-11-7-8-12-21(20)26(18-9-5-4-6-10-18)25(24)14-13-17-15-19(30-3)16-22(27(28)29)23(17)31-25/h4-16H,1-3H3/t25-/m0/s1. The lowest BCUT2D eigenvalue weighted by Crippen LogP contribution is -2.57. The van der Waals surface area contributed by atoms with Crippen LogP contribution in [-0.4, -0.2) is 17.8 Å². The molecule has 31 heavy (non-hydrogen) atoms. The number of hydrogen-bond acceptors (Lipinski definition) is 5. The van der Waals surface area contributed by atoms with Crippen molar-refractivity contribution in [1.29, 1.82) is 0 Å². The smallest absolute Gasteiger partial charge is 0.315 e. The van der Waals surface area contributed by atoms with Crippen LogP contribution in [0.4, 0.5) is 17.1 Å². The van der Waals surface area contributed by atoms with E-state index >= 15 is 0 Å². The lowest BCUT2D eigenvalue weighted by molar-refractivity contribution is -0.386. The van der Waals surface area contributed by atoms with Crippen molar-refractivity contribution < 1.29 is 14.4 Å². The number of hydrogen-bond donors (Lipinski definition) is 0. The third kappa shape index (κ3) is 2.57. The molecule has 6 heteroatoms. The Morgan fingerprint density at radius 1 is 1.03 bits per heavy atom. The molecule has 0 radical (unpaired) electrons. The maximum Gasteiger partial charge on any atom is 0.315 e. The van der Waals surface area contributed by atoms with Crippen LogP contribution in [0, 0.1) is 10.1 Å². The minimum Gasteiger partial charge on any atom is -0.496 e. The minimum atomic E-state index is -0.982. The monoisotopic (exact) mass is 414 g/mol. The maximum atomic E-state index is 11.9. The van der Waals surface area contributed by atoms with E-state index in [1.54, 1.807) is 6.07 Å². The number of fused-ring (bicyclic) bond motifs is 2. The Bertz CT molecular complexity index is 1220. The van der Waals surface area contributed by atoms with Gasteiger partial charge in [-0.15, -0.1) is 0 Å². The molecule has 0 saturated heterocycles. The van der Waals surface area contributed by atoms with E-state index < -0.39 is 16.1 Å². The molecule has 5 rings (SSSR count). The summed E-state index contributed by atoms with van der Waals surface area (Å²) in [7, 11) is 1.49. The fourth-order valence-electron chi connectivity index (χ4n) is 4.70. The van der Waals surface area contributed by atoms with Crippen LogP contribution in [0.2, 0.25) is 0 Å². The predicted molar refractivity (Wildman–Crippen MR) is 120 cm³/mol. The fraction of sp³-hybridized carbons (Fsp3) is 0.200. The van der Waals surface area contributed by atoms with Gasteiger partial charge in [0.05, 0.1) is 23.5 Å². The first kappa shape index (κ1) is 19.2. The van der Waals surface area contributed by atoms with E-state index in [2.05, 4.69) is 30.9 Å². The summed E-state index contributed by atoms with van der Waals surface area (Å²) in [5.41, 5.74) is 2.11. The van der Waals surface area contributed by atoms with E-state index in [0.717, 1.165) is 16.9 Å². The molecule has 2 heterocycles. The second kappa shape index (κ2) is 6.60. The first-order valence-corrected chi connectivity index (χ1v) is 10.1. The zero-order chi connectivity index (χ0) is 21.8. The van der Waals surface area contributed by atoms with E-state index in [0.29, 0.717) is 11.3 Å². The number of methoxy groups -OCH3 is 1. The molecule has 0 N–H and O–H groups in total. The van der Waals surface area contributed by atoms with Crippen LogP contribution in [0.15, 0.2) is 72.8 Å². The number of anilines is 2. The summed E-state index contributed by atoms with van der Waals surface area (Å²) >= 11 is 0. The molecule has 1 spiro atoms. The molecule has 3 aromatic carbocycles. The highest BCUT2D eigenvalue weighted by Crippen LogP contribution is 2.58. The van der Waals surface area contributed by atoms with Crippen LogP contribution in [-0.2, 0) is 5.41 Å². The highest BCUT2D eigenvalue weighted by molar-refractivity contribution is 5.81. The molecule has 0 bridgehead atoms. The molecule has 0 aliphatic carbocycles. The van der Waals surface area contributed by atoms with E-state index in [1.807, 2.05) is 54.6 Å². The van der Waals surface area contributed by atoms with Crippen LogP contribution < -0.4 is 14.4 Å². The molecule has 1 atom stereocenters. The van der Waals surface area contributed by atoms with Crippen LogP contribution >= 0.6 is 0 Å². The number of rotatable bonds is 3. The quantitative estimate of drug-likeness (QED) is 0.398. The molecule has 0 amide bonds. The third-order valence-corrected chi connectivity index (χ3v) is 6.31. The summed E-state index contributed by atoms with van der Waals surface area (Å²) in [5, 5.41) is 11.9. The topological polar surface area (TPSA) is 64.8 Å². The largest absolute Gasteiger partial charge is 0.496 e. The number of ether oxygens (including phenoxy) is 2. The lowest BCUT2D eigenvalue weighted by atomic mass is 9.76. The molecular weight excluding hydrogens is 392 g/mol. The molecule has 3 aromatic rings. The SMILES string of the molecule is COc1cc2c(c([N+](=O)[O-])c1)O[C@]1(C=C2)N(c2ccccc2)c2ccccc2C1(C)C. The fourth-order valence-corrected chi connectivity index (χ4v) is 4.70. The van der Waals surface area contributed by atoms with E-state index in [1.165, 1.54) is 13.2 Å². The highest BCUT2D eigenvalue weighted by Gasteiger charge is 2.60. The summed E-state index contributed by atoms with van der Waals surface area (Å²) < 4.78 is 11.9. The van der Waals surface area contributed by atoms with Crippen LogP contribution in [0.3, 0.4) is 0 Å². The van der Waals surface area contributed by atoms with Gasteiger partial charge in [-0.25, -0.2) is 0 Å². The van der Waals surface area contributed by atoms with Gasteiger partial charge in [-0.3, -0.25) is 15.0 Å². The molecule has 0 unspecified atom stereocenters. The lowest BCUT2D eigenvalue weighted by Gasteiger charge is -2.46. The Morgan fingerprint density at radius 2 is 1.74 bits per heavy atom. The molecular formula is C25H22N2O4. The van der Waals surface area contributed by atoms with Crippen LogP contribution in [0.5, 0.6) is 11.5 Å². The molecule has 0 saturated carbocycles. The number of nitro groups is 1. The second-order valence-electron chi connectivity index (χ2n) is 8.27. The van der Waals surface area contributed by atoms with Crippen molar-refractivity contribution in [1.82, 2.24) is 0 Å². The average molecular weight is 414 g/mol. The zero-order valence-electron chi connectivity index (χ0n) is 17.5. The maximum absolute atomic E-state index is 11.9. The minimum absolute atomic E-state index is 0.113. The van der Waals surface area contributed by atoms with E-state index in [-0.39, 0.29) is 11.4 Å². The number of para-hydroxylation sites is 2. The first-order chi connectivity index (χ1) is 14.9. The molecule has 156 valence electrons. The summed E-state index contributed by atoms with van der Waals surface area (Å²) in [6, 6.07) is 21.3. The number of benzene rings is 3. The molecule has 6 nitrogen and oxygen atoms in total. The summed E-state index contributed by atoms with van der Waals surface area (Å²) in [6.07, 6.45) is 3.91. The van der Waals surface area contributed by atoms with Crippen molar-refractivity contribution in [3.63, 3.8) is 0 Å². The highest BCUT2D eigenvalue weighted by atomic mass is 16.6. The zero-order valence-corrected chi connectivity index (χ0v) is 17.5. The van der Waals surface area contributed by atoms with Gasteiger partial charge < -0.3 is 9.47 Å². The van der Waals surface area contributed by atoms with Crippen molar-refractivity contribution in [2.24, 2.45) is 0 Å². The Hall–Kier alpha value is -3.80. The Labute approximate surface area is 180 Å². The van der Waals surface area contributed by atoms with Gasteiger partial charge in [0.2, 0.25) is 11.5 Å².